The number of hydrogen-bond donors (Lipinski definition) is 0. The lowest BCUT2D eigenvalue weighted by atomic mass is 10.1. The van der Waals surface area contributed by atoms with E-state index in [1.54, 1.807) is 0 Å². The highest BCUT2D eigenvalue weighted by molar-refractivity contribution is 5.82. The first-order chi connectivity index (χ1) is 13.2. The van der Waals surface area contributed by atoms with Crippen molar-refractivity contribution in [2.75, 3.05) is 19.8 Å². The highest BCUT2D eigenvalue weighted by atomic mass is 16.6. The summed E-state index contributed by atoms with van der Waals surface area (Å²) in [6.07, 6.45) is 15.9. The molecule has 5 nitrogen and oxygen atoms in total. The molecule has 0 spiro atoms. The molecular weight excluding hydrogens is 342 g/mol. The van der Waals surface area contributed by atoms with Crippen LogP contribution in [0.5, 0.6) is 0 Å². The lowest BCUT2D eigenvalue weighted by Gasteiger charge is -2.22. The van der Waals surface area contributed by atoms with Gasteiger partial charge in [-0.3, -0.25) is 4.90 Å². The summed E-state index contributed by atoms with van der Waals surface area (Å²) in [5.74, 6) is -0.270. The molecule has 5 heteroatoms. The van der Waals surface area contributed by atoms with E-state index in [1.165, 1.54) is 62.7 Å². The fourth-order valence-corrected chi connectivity index (χ4v) is 3.54. The fraction of sp³-hybridized carbons (Fsp3) is 0.909. The van der Waals surface area contributed by atoms with Crippen molar-refractivity contribution in [2.45, 2.75) is 110 Å². The molecule has 27 heavy (non-hydrogen) atoms. The summed E-state index contributed by atoms with van der Waals surface area (Å²) in [7, 11) is 0. The van der Waals surface area contributed by atoms with E-state index in [9.17, 15) is 9.59 Å². The maximum absolute atomic E-state index is 12.2. The monoisotopic (exact) mass is 383 g/mol. The van der Waals surface area contributed by atoms with Gasteiger partial charge in [0.1, 0.15) is 6.04 Å². The van der Waals surface area contributed by atoms with Gasteiger partial charge in [-0.25, -0.2) is 9.59 Å². The molecule has 0 aromatic heterocycles. The Hall–Kier alpha value is -1.26. The first kappa shape index (κ1) is 23.8. The summed E-state index contributed by atoms with van der Waals surface area (Å²) in [4.78, 5) is 25.8. The van der Waals surface area contributed by atoms with Crippen molar-refractivity contribution in [3.05, 3.63) is 0 Å². The molecule has 1 fully saturated rings. The molecule has 1 atom stereocenters. The molecule has 1 saturated heterocycles. The van der Waals surface area contributed by atoms with Crippen molar-refractivity contribution in [2.24, 2.45) is 0 Å². The Kier molecular flexibility index (Phi) is 13.9. The van der Waals surface area contributed by atoms with E-state index in [-0.39, 0.29) is 12.1 Å². The lowest BCUT2D eigenvalue weighted by molar-refractivity contribution is -0.148. The summed E-state index contributed by atoms with van der Waals surface area (Å²) in [6, 6.07) is -0.456. The number of carbonyl (C=O) groups excluding carboxylic acids is 2. The molecule has 1 amide bonds. The summed E-state index contributed by atoms with van der Waals surface area (Å²) >= 11 is 0. The highest BCUT2D eigenvalue weighted by Crippen LogP contribution is 2.20. The average Bonchev–Trinajstić information content (AvgIpc) is 3.17. The molecule has 0 aromatic rings. The number of nitrogens with zero attached hydrogens (tertiary/aromatic N) is 1. The smallest absolute Gasteiger partial charge is 0.410 e. The van der Waals surface area contributed by atoms with Crippen molar-refractivity contribution in [1.29, 1.82) is 0 Å². The zero-order chi connectivity index (χ0) is 19.7. The van der Waals surface area contributed by atoms with Crippen molar-refractivity contribution in [3.8, 4) is 0 Å². The van der Waals surface area contributed by atoms with E-state index in [4.69, 9.17) is 9.47 Å². The van der Waals surface area contributed by atoms with E-state index in [0.717, 1.165) is 25.7 Å². The van der Waals surface area contributed by atoms with E-state index < -0.39 is 6.04 Å². The van der Waals surface area contributed by atoms with Crippen molar-refractivity contribution >= 4 is 12.1 Å². The van der Waals surface area contributed by atoms with Gasteiger partial charge in [-0.05, 0) is 25.7 Å². The van der Waals surface area contributed by atoms with Crippen molar-refractivity contribution in [3.63, 3.8) is 0 Å². The predicted molar refractivity (Wildman–Crippen MR) is 109 cm³/mol. The molecule has 0 aromatic carbocycles. The number of rotatable bonds is 15. The molecular formula is C22H41NO4. The SMILES string of the molecule is CCCCCCCCCCCCCOC(=O)C1CCCN1C(=O)OCCC. The van der Waals surface area contributed by atoms with Crippen LogP contribution in [0, 0.1) is 0 Å². The first-order valence-electron chi connectivity index (χ1n) is 11.3. The third-order valence-corrected chi connectivity index (χ3v) is 5.18. The van der Waals surface area contributed by atoms with Gasteiger partial charge in [-0.1, -0.05) is 78.1 Å². The standard InChI is InChI=1S/C22H41NO4/c1-3-5-6-7-8-9-10-11-12-13-14-19-26-21(24)20-16-15-17-23(20)22(25)27-18-4-2/h20H,3-19H2,1-2H3. The minimum Gasteiger partial charge on any atom is -0.464 e. The zero-order valence-corrected chi connectivity index (χ0v) is 17.7. The Labute approximate surface area is 166 Å². The number of amides is 1. The zero-order valence-electron chi connectivity index (χ0n) is 17.7. The number of unbranched alkanes of at least 4 members (excludes halogenated alkanes) is 10. The van der Waals surface area contributed by atoms with Crippen LogP contribution in [0.15, 0.2) is 0 Å². The van der Waals surface area contributed by atoms with Crippen molar-refractivity contribution < 1.29 is 19.1 Å². The Morgan fingerprint density at radius 3 is 1.96 bits per heavy atom. The number of likely N-dealkylation sites (tertiary alicyclic amines) is 1. The van der Waals surface area contributed by atoms with Crippen molar-refractivity contribution in [1.82, 2.24) is 4.90 Å². The predicted octanol–water partition coefficient (Wildman–Crippen LogP) is 5.85. The Morgan fingerprint density at radius 1 is 0.778 bits per heavy atom. The number of ether oxygens (including phenoxy) is 2. The molecule has 1 aliphatic rings. The largest absolute Gasteiger partial charge is 0.464 e. The maximum Gasteiger partial charge on any atom is 0.410 e. The third-order valence-electron chi connectivity index (χ3n) is 5.18. The molecule has 0 bridgehead atoms. The number of hydrogen-bond acceptors (Lipinski definition) is 4. The third kappa shape index (κ3) is 10.6. The van der Waals surface area contributed by atoms with Gasteiger partial charge in [-0.2, -0.15) is 0 Å². The van der Waals surface area contributed by atoms with Crippen LogP contribution in [0.3, 0.4) is 0 Å². The number of carbonyl (C=O) groups is 2. The molecule has 0 N–H and O–H groups in total. The van der Waals surface area contributed by atoms with Gasteiger partial charge in [0.2, 0.25) is 0 Å². The summed E-state index contributed by atoms with van der Waals surface area (Å²) < 4.78 is 10.6. The van der Waals surface area contributed by atoms with Gasteiger partial charge >= 0.3 is 12.1 Å². The second-order valence-electron chi connectivity index (χ2n) is 7.67. The van der Waals surface area contributed by atoms with Gasteiger partial charge in [0, 0.05) is 6.54 Å². The van der Waals surface area contributed by atoms with Crippen LogP contribution in [-0.4, -0.2) is 42.8 Å². The van der Waals surface area contributed by atoms with E-state index in [0.29, 0.717) is 26.2 Å². The minimum absolute atomic E-state index is 0.270. The van der Waals surface area contributed by atoms with Crippen LogP contribution in [0.25, 0.3) is 0 Å². The second-order valence-corrected chi connectivity index (χ2v) is 7.67. The van der Waals surface area contributed by atoms with E-state index in [1.807, 2.05) is 6.92 Å². The van der Waals surface area contributed by atoms with Crippen LogP contribution in [0.1, 0.15) is 104 Å². The Morgan fingerprint density at radius 2 is 1.37 bits per heavy atom. The second kappa shape index (κ2) is 15.8. The maximum atomic E-state index is 12.2. The van der Waals surface area contributed by atoms with Gasteiger partial charge < -0.3 is 9.47 Å². The topological polar surface area (TPSA) is 55.8 Å². The van der Waals surface area contributed by atoms with E-state index in [2.05, 4.69) is 6.92 Å². The van der Waals surface area contributed by atoms with Crippen LogP contribution in [0.4, 0.5) is 4.79 Å². The summed E-state index contributed by atoms with van der Waals surface area (Å²) in [5.41, 5.74) is 0. The quantitative estimate of drug-likeness (QED) is 0.263. The van der Waals surface area contributed by atoms with Crippen LogP contribution < -0.4 is 0 Å². The molecule has 0 aliphatic carbocycles. The van der Waals surface area contributed by atoms with Crippen LogP contribution >= 0.6 is 0 Å². The molecule has 0 saturated carbocycles. The highest BCUT2D eigenvalue weighted by Gasteiger charge is 2.36. The molecule has 0 radical (unpaired) electrons. The summed E-state index contributed by atoms with van der Waals surface area (Å²) in [5, 5.41) is 0. The van der Waals surface area contributed by atoms with Gasteiger partial charge in [0.15, 0.2) is 0 Å². The number of esters is 1. The summed E-state index contributed by atoms with van der Waals surface area (Å²) in [6.45, 7) is 5.65. The molecule has 158 valence electrons. The molecule has 1 rings (SSSR count). The Bertz CT molecular complexity index is 400. The lowest BCUT2D eigenvalue weighted by Crippen LogP contribution is -2.41. The average molecular weight is 384 g/mol. The van der Waals surface area contributed by atoms with E-state index >= 15 is 0 Å². The molecule has 1 aliphatic heterocycles. The molecule has 1 unspecified atom stereocenters. The Balaban J connectivity index is 2.01. The minimum atomic E-state index is -0.456. The first-order valence-corrected chi connectivity index (χ1v) is 11.3. The van der Waals surface area contributed by atoms with Crippen LogP contribution in [0.2, 0.25) is 0 Å². The normalized spacial score (nSPS) is 16.5. The van der Waals surface area contributed by atoms with Gasteiger partial charge in [-0.15, -0.1) is 0 Å². The van der Waals surface area contributed by atoms with Crippen LogP contribution in [-0.2, 0) is 14.3 Å². The van der Waals surface area contributed by atoms with Gasteiger partial charge in [0.25, 0.3) is 0 Å². The molecule has 1 heterocycles. The fourth-order valence-electron chi connectivity index (χ4n) is 3.54. The van der Waals surface area contributed by atoms with Gasteiger partial charge in [0.05, 0.1) is 13.2 Å².